The van der Waals surface area contributed by atoms with Gasteiger partial charge in [-0.1, -0.05) is 17.9 Å². The van der Waals surface area contributed by atoms with E-state index in [0.717, 1.165) is 12.8 Å². The molecular weight excluding hydrogens is 168 g/mol. The van der Waals surface area contributed by atoms with Gasteiger partial charge >= 0.3 is 0 Å². The van der Waals surface area contributed by atoms with E-state index >= 15 is 0 Å². The van der Waals surface area contributed by atoms with Crippen molar-refractivity contribution in [2.45, 2.75) is 38.5 Å². The van der Waals surface area contributed by atoms with E-state index in [1.807, 2.05) is 0 Å². The molecule has 0 saturated carbocycles. The molecule has 0 saturated heterocycles. The molecule has 1 rings (SSSR count). The molecule has 0 fully saturated rings. The molecule has 0 bridgehead atoms. The fourth-order valence-corrected chi connectivity index (χ4v) is 1.94. The molecule has 1 aliphatic rings. The highest BCUT2D eigenvalue weighted by Gasteiger charge is 2.08. The van der Waals surface area contributed by atoms with Gasteiger partial charge in [0.1, 0.15) is 0 Å². The third-order valence-corrected chi connectivity index (χ3v) is 2.59. The van der Waals surface area contributed by atoms with Crippen LogP contribution in [0, 0.1) is 12.3 Å². The quantitative estimate of drug-likeness (QED) is 0.453. The van der Waals surface area contributed by atoms with Crippen LogP contribution >= 0.6 is 11.6 Å². The lowest BCUT2D eigenvalue weighted by Gasteiger charge is -2.04. The lowest BCUT2D eigenvalue weighted by molar-refractivity contribution is 0.704. The molecule has 0 aromatic rings. The molecule has 66 valence electrons. The predicted octanol–water partition coefficient (Wildman–Crippen LogP) is 3.51. The summed E-state index contributed by atoms with van der Waals surface area (Å²) in [5, 5.41) is 0. The normalized spacial score (nSPS) is 18.7. The molecule has 1 heteroatoms. The Balaban J connectivity index is 2.69. The largest absolute Gasteiger partial charge is 0.126 e. The van der Waals surface area contributed by atoms with Crippen molar-refractivity contribution < 1.29 is 0 Å². The Kier molecular flexibility index (Phi) is 4.25. The summed E-state index contributed by atoms with van der Waals surface area (Å²) in [6.07, 6.45) is 12.6. The van der Waals surface area contributed by atoms with Crippen molar-refractivity contribution in [3.63, 3.8) is 0 Å². The smallest absolute Gasteiger partial charge is 0.0261 e. The number of rotatable bonds is 2. The molecule has 0 atom stereocenters. The van der Waals surface area contributed by atoms with E-state index in [-0.39, 0.29) is 0 Å². The molecule has 0 amide bonds. The first-order valence-corrected chi connectivity index (χ1v) is 5.15. The van der Waals surface area contributed by atoms with E-state index in [4.69, 9.17) is 18.0 Å². The predicted molar refractivity (Wildman–Crippen MR) is 54.3 cm³/mol. The molecule has 0 nitrogen and oxygen atoms in total. The van der Waals surface area contributed by atoms with Crippen LogP contribution in [0.1, 0.15) is 38.5 Å². The van der Waals surface area contributed by atoms with Crippen molar-refractivity contribution in [2.75, 3.05) is 5.88 Å². The van der Waals surface area contributed by atoms with E-state index in [0.29, 0.717) is 5.88 Å². The number of allylic oxidation sites excluding steroid dienone is 2. The maximum Gasteiger partial charge on any atom is 0.0261 e. The van der Waals surface area contributed by atoms with E-state index in [1.165, 1.54) is 36.8 Å². The minimum Gasteiger partial charge on any atom is -0.126 e. The summed E-state index contributed by atoms with van der Waals surface area (Å²) >= 11 is 5.71. The molecule has 0 aliphatic heterocycles. The summed E-state index contributed by atoms with van der Waals surface area (Å²) in [7, 11) is 0. The second-order valence-corrected chi connectivity index (χ2v) is 3.60. The first-order valence-electron chi connectivity index (χ1n) is 4.62. The topological polar surface area (TPSA) is 0 Å². The van der Waals surface area contributed by atoms with E-state index in [1.54, 1.807) is 0 Å². The molecule has 0 aromatic carbocycles. The van der Waals surface area contributed by atoms with Crippen molar-refractivity contribution in [3.8, 4) is 12.3 Å². The highest BCUT2D eigenvalue weighted by molar-refractivity contribution is 6.18. The van der Waals surface area contributed by atoms with Crippen molar-refractivity contribution in [1.29, 1.82) is 0 Å². The molecule has 0 N–H and O–H groups in total. The van der Waals surface area contributed by atoms with E-state index < -0.39 is 0 Å². The van der Waals surface area contributed by atoms with Crippen LogP contribution in [0.25, 0.3) is 0 Å². The minimum absolute atomic E-state index is 0.709. The standard InChI is InChI=1S/C11H15Cl/c1-2-10-6-4-3-5-7-11(10)8-9-12/h1H,3-9H2. The van der Waals surface area contributed by atoms with Gasteiger partial charge in [-0.2, -0.15) is 0 Å². The Hall–Kier alpha value is -0.410. The molecule has 0 heterocycles. The van der Waals surface area contributed by atoms with Crippen LogP contribution < -0.4 is 0 Å². The van der Waals surface area contributed by atoms with Gasteiger partial charge in [-0.05, 0) is 32.1 Å². The lowest BCUT2D eigenvalue weighted by Crippen LogP contribution is -1.89. The molecule has 12 heavy (non-hydrogen) atoms. The summed E-state index contributed by atoms with van der Waals surface area (Å²) in [5.41, 5.74) is 2.66. The summed E-state index contributed by atoms with van der Waals surface area (Å²) in [6.45, 7) is 0. The van der Waals surface area contributed by atoms with Crippen LogP contribution in [-0.2, 0) is 0 Å². The van der Waals surface area contributed by atoms with Gasteiger partial charge in [-0.15, -0.1) is 18.0 Å². The van der Waals surface area contributed by atoms with Crippen molar-refractivity contribution in [1.82, 2.24) is 0 Å². The number of terminal acetylenes is 1. The van der Waals surface area contributed by atoms with Gasteiger partial charge in [-0.3, -0.25) is 0 Å². The Morgan fingerprint density at radius 3 is 2.67 bits per heavy atom. The zero-order chi connectivity index (χ0) is 8.81. The van der Waals surface area contributed by atoms with Gasteiger partial charge < -0.3 is 0 Å². The third kappa shape index (κ3) is 2.57. The fourth-order valence-electron chi connectivity index (χ4n) is 1.71. The van der Waals surface area contributed by atoms with Gasteiger partial charge in [0.25, 0.3) is 0 Å². The Morgan fingerprint density at radius 1 is 1.25 bits per heavy atom. The maximum atomic E-state index is 5.71. The van der Waals surface area contributed by atoms with Crippen LogP contribution in [-0.4, -0.2) is 5.88 Å². The summed E-state index contributed by atoms with van der Waals surface area (Å²) in [4.78, 5) is 0. The average molecular weight is 183 g/mol. The first-order chi connectivity index (χ1) is 5.88. The van der Waals surface area contributed by atoms with Gasteiger partial charge in [0.15, 0.2) is 0 Å². The Bertz CT molecular complexity index is 208. The average Bonchev–Trinajstić information content (AvgIpc) is 2.30. The zero-order valence-corrected chi connectivity index (χ0v) is 8.16. The van der Waals surface area contributed by atoms with Crippen molar-refractivity contribution in [3.05, 3.63) is 11.1 Å². The molecule has 0 radical (unpaired) electrons. The monoisotopic (exact) mass is 182 g/mol. The third-order valence-electron chi connectivity index (χ3n) is 2.40. The highest BCUT2D eigenvalue weighted by atomic mass is 35.5. The van der Waals surface area contributed by atoms with Gasteiger partial charge in [0, 0.05) is 11.5 Å². The molecule has 0 spiro atoms. The second-order valence-electron chi connectivity index (χ2n) is 3.23. The van der Waals surface area contributed by atoms with Crippen LogP contribution in [0.5, 0.6) is 0 Å². The SMILES string of the molecule is C#CC1=C(CCCl)CCCCC1. The van der Waals surface area contributed by atoms with Crippen LogP contribution in [0.4, 0.5) is 0 Å². The molecule has 0 unspecified atom stereocenters. The van der Waals surface area contributed by atoms with E-state index in [2.05, 4.69) is 5.92 Å². The maximum absolute atomic E-state index is 5.71. The lowest BCUT2D eigenvalue weighted by atomic mass is 10.0. The van der Waals surface area contributed by atoms with Gasteiger partial charge in [0.05, 0.1) is 0 Å². The number of halogens is 1. The van der Waals surface area contributed by atoms with Crippen LogP contribution in [0.3, 0.4) is 0 Å². The number of alkyl halides is 1. The van der Waals surface area contributed by atoms with Crippen molar-refractivity contribution in [2.24, 2.45) is 0 Å². The van der Waals surface area contributed by atoms with Crippen LogP contribution in [0.15, 0.2) is 11.1 Å². The van der Waals surface area contributed by atoms with E-state index in [9.17, 15) is 0 Å². The van der Waals surface area contributed by atoms with Crippen LogP contribution in [0.2, 0.25) is 0 Å². The number of hydrogen-bond acceptors (Lipinski definition) is 0. The summed E-state index contributed by atoms with van der Waals surface area (Å²) < 4.78 is 0. The second kappa shape index (κ2) is 5.27. The molecule has 1 aliphatic carbocycles. The number of hydrogen-bond donors (Lipinski definition) is 0. The first kappa shape index (κ1) is 9.68. The molecule has 0 aromatic heterocycles. The minimum atomic E-state index is 0.709. The Labute approximate surface area is 80.0 Å². The summed E-state index contributed by atoms with van der Waals surface area (Å²) in [5.74, 6) is 3.51. The summed E-state index contributed by atoms with van der Waals surface area (Å²) in [6, 6.07) is 0. The fraction of sp³-hybridized carbons (Fsp3) is 0.636. The zero-order valence-electron chi connectivity index (χ0n) is 7.41. The highest BCUT2D eigenvalue weighted by Crippen LogP contribution is 2.25. The van der Waals surface area contributed by atoms with Gasteiger partial charge in [-0.25, -0.2) is 0 Å². The van der Waals surface area contributed by atoms with Crippen molar-refractivity contribution >= 4 is 11.6 Å². The van der Waals surface area contributed by atoms with Gasteiger partial charge in [0.2, 0.25) is 0 Å². The molecular formula is C11H15Cl. The Morgan fingerprint density at radius 2 is 2.00 bits per heavy atom.